The standard InChI is InChI=1S/C45H28N4S/c1-3-13-29(14-4-1)31-23-25-34-33-17-7-10-20-38(33)49(40(34)28-31)39-21-11-8-19-36(39)45-47-43(30-15-5-2-6-16-30)46-44(48-45)32-24-26-42-37(27-32)35-18-9-12-22-41(35)50-42/h1-28H. The summed E-state index contributed by atoms with van der Waals surface area (Å²) in [6, 6.07) is 59.7. The number of fused-ring (bicyclic) bond motifs is 6. The van der Waals surface area contributed by atoms with Crippen LogP contribution >= 0.6 is 11.3 Å². The summed E-state index contributed by atoms with van der Waals surface area (Å²) >= 11 is 1.81. The Kier molecular flexibility index (Phi) is 6.64. The van der Waals surface area contributed by atoms with Crippen molar-refractivity contribution >= 4 is 53.3 Å². The van der Waals surface area contributed by atoms with Crippen molar-refractivity contribution in [1.82, 2.24) is 19.5 Å². The highest BCUT2D eigenvalue weighted by Crippen LogP contribution is 2.39. The third-order valence-corrected chi connectivity index (χ3v) is 10.6. The lowest BCUT2D eigenvalue weighted by molar-refractivity contribution is 1.06. The van der Waals surface area contributed by atoms with Gasteiger partial charge in [0.15, 0.2) is 17.5 Å². The first-order valence-electron chi connectivity index (χ1n) is 16.7. The van der Waals surface area contributed by atoms with Crippen LogP contribution in [0, 0.1) is 0 Å². The predicted octanol–water partition coefficient (Wildman–Crippen LogP) is 12.0. The van der Waals surface area contributed by atoms with Crippen LogP contribution in [0.1, 0.15) is 0 Å². The fraction of sp³-hybridized carbons (Fsp3) is 0. The van der Waals surface area contributed by atoms with Crippen LogP contribution in [-0.2, 0) is 0 Å². The molecular weight excluding hydrogens is 629 g/mol. The van der Waals surface area contributed by atoms with Gasteiger partial charge in [-0.25, -0.2) is 15.0 Å². The maximum atomic E-state index is 5.23. The molecule has 0 saturated heterocycles. The van der Waals surface area contributed by atoms with E-state index in [1.165, 1.54) is 42.1 Å². The quantitative estimate of drug-likeness (QED) is 0.185. The minimum atomic E-state index is 0.630. The van der Waals surface area contributed by atoms with E-state index in [-0.39, 0.29) is 0 Å². The van der Waals surface area contributed by atoms with Gasteiger partial charge in [0.25, 0.3) is 0 Å². The van der Waals surface area contributed by atoms with Crippen LogP contribution in [0.5, 0.6) is 0 Å². The lowest BCUT2D eigenvalue weighted by Crippen LogP contribution is -2.03. The maximum absolute atomic E-state index is 5.23. The van der Waals surface area contributed by atoms with E-state index in [4.69, 9.17) is 15.0 Å². The van der Waals surface area contributed by atoms with Gasteiger partial charge < -0.3 is 4.57 Å². The van der Waals surface area contributed by atoms with E-state index in [2.05, 4.69) is 156 Å². The van der Waals surface area contributed by atoms with Crippen molar-refractivity contribution in [2.24, 2.45) is 0 Å². The van der Waals surface area contributed by atoms with Crippen LogP contribution in [0.4, 0.5) is 0 Å². The monoisotopic (exact) mass is 656 g/mol. The van der Waals surface area contributed by atoms with Gasteiger partial charge in [0, 0.05) is 47.6 Å². The summed E-state index contributed by atoms with van der Waals surface area (Å²) in [6.07, 6.45) is 0. The van der Waals surface area contributed by atoms with Gasteiger partial charge >= 0.3 is 0 Å². The molecule has 0 spiro atoms. The number of rotatable bonds is 5. The van der Waals surface area contributed by atoms with Gasteiger partial charge in [0.1, 0.15) is 0 Å². The lowest BCUT2D eigenvalue weighted by atomic mass is 10.0. The molecule has 3 aromatic heterocycles. The number of hydrogen-bond acceptors (Lipinski definition) is 4. The molecule has 0 atom stereocenters. The smallest absolute Gasteiger partial charge is 0.166 e. The van der Waals surface area contributed by atoms with Crippen LogP contribution in [0.15, 0.2) is 170 Å². The second kappa shape index (κ2) is 11.6. The number of thiophene rings is 1. The zero-order valence-corrected chi connectivity index (χ0v) is 27.7. The molecule has 10 rings (SSSR count). The summed E-state index contributed by atoms with van der Waals surface area (Å²) in [5.41, 5.74) is 8.47. The number of benzene rings is 7. The second-order valence-electron chi connectivity index (χ2n) is 12.4. The molecule has 0 fully saturated rings. The fourth-order valence-electron chi connectivity index (χ4n) is 7.10. The zero-order chi connectivity index (χ0) is 33.0. The zero-order valence-electron chi connectivity index (χ0n) is 26.9. The normalized spacial score (nSPS) is 11.6. The molecule has 0 saturated carbocycles. The fourth-order valence-corrected chi connectivity index (χ4v) is 8.19. The van der Waals surface area contributed by atoms with Crippen molar-refractivity contribution in [3.05, 3.63) is 170 Å². The van der Waals surface area contributed by atoms with Crippen molar-refractivity contribution < 1.29 is 0 Å². The molecule has 3 heterocycles. The SMILES string of the molecule is c1ccc(-c2ccc3c4ccccc4n(-c4ccccc4-c4nc(-c5ccccc5)nc(-c5ccc6sc7ccccc7c6c5)n4)c3c2)cc1. The molecule has 0 N–H and O–H groups in total. The van der Waals surface area contributed by atoms with Gasteiger partial charge in [-0.2, -0.15) is 0 Å². The molecule has 5 heteroatoms. The Morgan fingerprint density at radius 2 is 0.960 bits per heavy atom. The highest BCUT2D eigenvalue weighted by molar-refractivity contribution is 7.25. The Hall–Kier alpha value is -6.43. The summed E-state index contributed by atoms with van der Waals surface area (Å²) in [6.45, 7) is 0. The summed E-state index contributed by atoms with van der Waals surface area (Å²) < 4.78 is 4.89. The average molecular weight is 657 g/mol. The van der Waals surface area contributed by atoms with Gasteiger partial charge in [0.2, 0.25) is 0 Å². The highest BCUT2D eigenvalue weighted by Gasteiger charge is 2.20. The van der Waals surface area contributed by atoms with E-state index in [1.54, 1.807) is 0 Å². The molecule has 7 aromatic carbocycles. The minimum Gasteiger partial charge on any atom is -0.308 e. The Labute approximate surface area is 292 Å². The van der Waals surface area contributed by atoms with Gasteiger partial charge in [-0.1, -0.05) is 121 Å². The van der Waals surface area contributed by atoms with Crippen molar-refractivity contribution in [2.75, 3.05) is 0 Å². The van der Waals surface area contributed by atoms with E-state index < -0.39 is 0 Å². The average Bonchev–Trinajstić information content (AvgIpc) is 3.73. The predicted molar refractivity (Wildman–Crippen MR) is 209 cm³/mol. The van der Waals surface area contributed by atoms with Crippen LogP contribution in [0.25, 0.3) is 93.0 Å². The Morgan fingerprint density at radius 1 is 0.360 bits per heavy atom. The summed E-state index contributed by atoms with van der Waals surface area (Å²) in [7, 11) is 0. The van der Waals surface area contributed by atoms with Gasteiger partial charge in [-0.3, -0.25) is 0 Å². The van der Waals surface area contributed by atoms with Crippen molar-refractivity contribution in [1.29, 1.82) is 0 Å². The first-order valence-corrected chi connectivity index (χ1v) is 17.5. The molecule has 10 aromatic rings. The molecule has 4 nitrogen and oxygen atoms in total. The Balaban J connectivity index is 1.22. The third-order valence-electron chi connectivity index (χ3n) is 9.47. The Morgan fingerprint density at radius 3 is 1.80 bits per heavy atom. The first kappa shape index (κ1) is 28.6. The van der Waals surface area contributed by atoms with Crippen LogP contribution in [-0.4, -0.2) is 19.5 Å². The van der Waals surface area contributed by atoms with E-state index in [0.717, 1.165) is 33.4 Å². The highest BCUT2D eigenvalue weighted by atomic mass is 32.1. The van der Waals surface area contributed by atoms with Gasteiger partial charge in [-0.15, -0.1) is 11.3 Å². The largest absolute Gasteiger partial charge is 0.308 e. The second-order valence-corrected chi connectivity index (χ2v) is 13.5. The molecule has 0 aliphatic heterocycles. The summed E-state index contributed by atoms with van der Waals surface area (Å²) in [4.78, 5) is 15.5. The van der Waals surface area contributed by atoms with Crippen LogP contribution in [0.3, 0.4) is 0 Å². The van der Waals surface area contributed by atoms with Gasteiger partial charge in [0.05, 0.1) is 16.7 Å². The van der Waals surface area contributed by atoms with Crippen molar-refractivity contribution in [2.45, 2.75) is 0 Å². The molecule has 50 heavy (non-hydrogen) atoms. The number of para-hydroxylation sites is 2. The lowest BCUT2D eigenvalue weighted by Gasteiger charge is -2.15. The topological polar surface area (TPSA) is 43.6 Å². The molecule has 234 valence electrons. The van der Waals surface area contributed by atoms with E-state index in [1.807, 2.05) is 29.5 Å². The third kappa shape index (κ3) is 4.71. The van der Waals surface area contributed by atoms with Crippen molar-refractivity contribution in [3.63, 3.8) is 0 Å². The van der Waals surface area contributed by atoms with Gasteiger partial charge in [-0.05, 0) is 59.7 Å². The van der Waals surface area contributed by atoms with Crippen LogP contribution in [0.2, 0.25) is 0 Å². The maximum Gasteiger partial charge on any atom is 0.166 e. The van der Waals surface area contributed by atoms with E-state index in [9.17, 15) is 0 Å². The molecule has 0 bridgehead atoms. The molecule has 0 amide bonds. The Bertz CT molecular complexity index is 2870. The summed E-state index contributed by atoms with van der Waals surface area (Å²) in [5, 5.41) is 4.87. The van der Waals surface area contributed by atoms with E-state index in [0.29, 0.717) is 17.5 Å². The molecular formula is C45H28N4S. The number of nitrogens with zero attached hydrogens (tertiary/aromatic N) is 4. The van der Waals surface area contributed by atoms with Crippen LogP contribution < -0.4 is 0 Å². The van der Waals surface area contributed by atoms with E-state index >= 15 is 0 Å². The molecule has 0 radical (unpaired) electrons. The molecule has 0 aliphatic carbocycles. The number of aromatic nitrogens is 4. The minimum absolute atomic E-state index is 0.630. The molecule has 0 unspecified atom stereocenters. The van der Waals surface area contributed by atoms with Crippen molar-refractivity contribution in [3.8, 4) is 51.0 Å². The summed E-state index contributed by atoms with van der Waals surface area (Å²) in [5.74, 6) is 1.92. The first-order chi connectivity index (χ1) is 24.8. The molecule has 0 aliphatic rings. The number of hydrogen-bond donors (Lipinski definition) is 0.